The van der Waals surface area contributed by atoms with E-state index in [-0.39, 0.29) is 11.9 Å². The van der Waals surface area contributed by atoms with Gasteiger partial charge in [-0.15, -0.1) is 0 Å². The SMILES string of the molecule is CCC(CC)N=C(NO)c1ccc(C)nc1Oc1cc(Cl)ccc1Cl. The first-order valence-corrected chi connectivity index (χ1v) is 8.82. The van der Waals surface area contributed by atoms with Gasteiger partial charge in [0.1, 0.15) is 5.75 Å². The van der Waals surface area contributed by atoms with Gasteiger partial charge in [0.25, 0.3) is 0 Å². The van der Waals surface area contributed by atoms with E-state index in [9.17, 15) is 5.21 Å². The van der Waals surface area contributed by atoms with E-state index in [1.165, 1.54) is 0 Å². The molecule has 2 N–H and O–H groups in total. The topological polar surface area (TPSA) is 66.7 Å². The van der Waals surface area contributed by atoms with Crippen molar-refractivity contribution in [2.75, 3.05) is 0 Å². The zero-order chi connectivity index (χ0) is 18.4. The van der Waals surface area contributed by atoms with E-state index in [1.807, 2.05) is 26.8 Å². The fourth-order valence-corrected chi connectivity index (χ4v) is 2.58. The van der Waals surface area contributed by atoms with Crippen LogP contribution in [-0.2, 0) is 0 Å². The molecule has 134 valence electrons. The molecule has 1 aromatic heterocycles. The van der Waals surface area contributed by atoms with E-state index in [2.05, 4.69) is 15.5 Å². The Morgan fingerprint density at radius 1 is 1.24 bits per heavy atom. The third kappa shape index (κ3) is 5.08. The highest BCUT2D eigenvalue weighted by Crippen LogP contribution is 2.32. The first-order valence-electron chi connectivity index (χ1n) is 8.07. The van der Waals surface area contributed by atoms with Crippen molar-refractivity contribution in [3.63, 3.8) is 0 Å². The molecular formula is C18H21Cl2N3O2. The molecule has 0 aliphatic carbocycles. The Balaban J connectivity index is 2.48. The number of pyridine rings is 1. The highest BCUT2D eigenvalue weighted by Gasteiger charge is 2.16. The van der Waals surface area contributed by atoms with E-state index in [1.54, 1.807) is 24.3 Å². The summed E-state index contributed by atoms with van der Waals surface area (Å²) in [7, 11) is 0. The fraction of sp³-hybridized carbons (Fsp3) is 0.333. The molecule has 5 nitrogen and oxygen atoms in total. The lowest BCUT2D eigenvalue weighted by Crippen LogP contribution is -2.24. The second-order valence-electron chi connectivity index (χ2n) is 5.54. The molecule has 25 heavy (non-hydrogen) atoms. The maximum atomic E-state index is 9.57. The summed E-state index contributed by atoms with van der Waals surface area (Å²) >= 11 is 12.2. The Morgan fingerprint density at radius 3 is 2.60 bits per heavy atom. The van der Waals surface area contributed by atoms with Crippen molar-refractivity contribution in [2.24, 2.45) is 4.99 Å². The molecule has 0 spiro atoms. The summed E-state index contributed by atoms with van der Waals surface area (Å²) in [6.45, 7) is 5.94. The summed E-state index contributed by atoms with van der Waals surface area (Å²) in [4.78, 5) is 8.96. The van der Waals surface area contributed by atoms with Crippen LogP contribution < -0.4 is 10.2 Å². The van der Waals surface area contributed by atoms with Crippen LogP contribution in [-0.4, -0.2) is 22.1 Å². The van der Waals surface area contributed by atoms with Crippen LogP contribution in [0.15, 0.2) is 35.3 Å². The Labute approximate surface area is 157 Å². The van der Waals surface area contributed by atoms with Gasteiger partial charge in [-0.2, -0.15) is 0 Å². The zero-order valence-electron chi connectivity index (χ0n) is 14.4. The number of amidine groups is 1. The number of ether oxygens (including phenoxy) is 1. The molecule has 0 amide bonds. The van der Waals surface area contributed by atoms with Gasteiger partial charge in [-0.1, -0.05) is 37.0 Å². The standard InChI is InChI=1S/C18H21Cl2N3O2/c1-4-13(5-2)22-17(23-24)14-8-6-11(3)21-18(14)25-16-10-12(19)7-9-15(16)20/h6-10,13,24H,4-5H2,1-3H3,(H,22,23). The largest absolute Gasteiger partial charge is 0.437 e. The van der Waals surface area contributed by atoms with Crippen molar-refractivity contribution in [1.29, 1.82) is 0 Å². The van der Waals surface area contributed by atoms with Crippen LogP contribution in [0.1, 0.15) is 37.9 Å². The number of hydroxylamine groups is 1. The third-order valence-corrected chi connectivity index (χ3v) is 4.26. The predicted octanol–water partition coefficient (Wildman–Crippen LogP) is 5.40. The highest BCUT2D eigenvalue weighted by atomic mass is 35.5. The lowest BCUT2D eigenvalue weighted by atomic mass is 10.1. The van der Waals surface area contributed by atoms with Crippen LogP contribution in [0.4, 0.5) is 0 Å². The monoisotopic (exact) mass is 381 g/mol. The average molecular weight is 382 g/mol. The van der Waals surface area contributed by atoms with Gasteiger partial charge in [0.15, 0.2) is 5.84 Å². The van der Waals surface area contributed by atoms with Crippen molar-refractivity contribution in [2.45, 2.75) is 39.7 Å². The molecule has 1 heterocycles. The van der Waals surface area contributed by atoms with Gasteiger partial charge < -0.3 is 4.74 Å². The maximum Gasteiger partial charge on any atom is 0.230 e. The molecule has 0 unspecified atom stereocenters. The lowest BCUT2D eigenvalue weighted by Gasteiger charge is -2.15. The molecule has 7 heteroatoms. The molecule has 0 saturated heterocycles. The molecule has 2 aromatic rings. The van der Waals surface area contributed by atoms with Crippen LogP contribution in [0, 0.1) is 6.92 Å². The summed E-state index contributed by atoms with van der Waals surface area (Å²) in [5.41, 5.74) is 3.46. The summed E-state index contributed by atoms with van der Waals surface area (Å²) in [6.07, 6.45) is 1.72. The smallest absolute Gasteiger partial charge is 0.230 e. The van der Waals surface area contributed by atoms with E-state index in [0.29, 0.717) is 27.2 Å². The number of aliphatic imine (C=N–C) groups is 1. The first-order chi connectivity index (χ1) is 12.0. The minimum absolute atomic E-state index is 0.0820. The van der Waals surface area contributed by atoms with Crippen molar-refractivity contribution in [3.8, 4) is 11.6 Å². The van der Waals surface area contributed by atoms with Crippen molar-refractivity contribution in [3.05, 3.63) is 51.6 Å². The minimum Gasteiger partial charge on any atom is -0.437 e. The second-order valence-corrected chi connectivity index (χ2v) is 6.39. The summed E-state index contributed by atoms with van der Waals surface area (Å²) in [5, 5.41) is 10.5. The molecular weight excluding hydrogens is 361 g/mol. The van der Waals surface area contributed by atoms with Gasteiger partial charge in [0.05, 0.1) is 16.6 Å². The van der Waals surface area contributed by atoms with E-state index < -0.39 is 0 Å². The van der Waals surface area contributed by atoms with Crippen LogP contribution in [0.2, 0.25) is 10.0 Å². The average Bonchev–Trinajstić information content (AvgIpc) is 2.60. The van der Waals surface area contributed by atoms with Crippen LogP contribution in [0.5, 0.6) is 11.6 Å². The number of rotatable bonds is 6. The predicted molar refractivity (Wildman–Crippen MR) is 101 cm³/mol. The molecule has 0 radical (unpaired) electrons. The third-order valence-electron chi connectivity index (χ3n) is 3.71. The van der Waals surface area contributed by atoms with Crippen LogP contribution >= 0.6 is 23.2 Å². The molecule has 1 aromatic carbocycles. The summed E-state index contributed by atoms with van der Waals surface area (Å²) in [5.74, 6) is 0.970. The Hall–Kier alpha value is -1.82. The summed E-state index contributed by atoms with van der Waals surface area (Å²) in [6, 6.07) is 8.64. The lowest BCUT2D eigenvalue weighted by molar-refractivity contribution is 0.233. The number of benzene rings is 1. The van der Waals surface area contributed by atoms with Gasteiger partial charge in [-0.05, 0) is 44.0 Å². The first kappa shape index (κ1) is 19.5. The van der Waals surface area contributed by atoms with Gasteiger partial charge >= 0.3 is 0 Å². The van der Waals surface area contributed by atoms with Gasteiger partial charge in [-0.3, -0.25) is 15.7 Å². The normalized spacial score (nSPS) is 11.7. The van der Waals surface area contributed by atoms with Crippen molar-refractivity contribution in [1.82, 2.24) is 10.5 Å². The number of aryl methyl sites for hydroxylation is 1. The van der Waals surface area contributed by atoms with Gasteiger partial charge in [0.2, 0.25) is 5.88 Å². The van der Waals surface area contributed by atoms with Gasteiger partial charge in [0, 0.05) is 16.8 Å². The molecule has 0 bridgehead atoms. The maximum absolute atomic E-state index is 9.57. The number of hydrogen-bond acceptors (Lipinski definition) is 4. The Bertz CT molecular complexity index is 762. The number of nitrogens with zero attached hydrogens (tertiary/aromatic N) is 2. The van der Waals surface area contributed by atoms with E-state index >= 15 is 0 Å². The summed E-state index contributed by atoms with van der Waals surface area (Å²) < 4.78 is 5.87. The Kier molecular flexibility index (Phi) is 7.05. The number of nitrogens with one attached hydrogen (secondary N) is 1. The van der Waals surface area contributed by atoms with Crippen LogP contribution in [0.25, 0.3) is 0 Å². The molecule has 0 saturated carbocycles. The number of aromatic nitrogens is 1. The molecule has 0 aliphatic rings. The highest BCUT2D eigenvalue weighted by molar-refractivity contribution is 6.34. The zero-order valence-corrected chi connectivity index (χ0v) is 15.9. The fourth-order valence-electron chi connectivity index (χ4n) is 2.26. The van der Waals surface area contributed by atoms with Crippen LogP contribution in [0.3, 0.4) is 0 Å². The molecule has 2 rings (SSSR count). The van der Waals surface area contributed by atoms with E-state index in [4.69, 9.17) is 27.9 Å². The number of halogens is 2. The van der Waals surface area contributed by atoms with Crippen molar-refractivity contribution < 1.29 is 9.94 Å². The number of hydrogen-bond donors (Lipinski definition) is 2. The molecule has 0 aliphatic heterocycles. The molecule has 0 atom stereocenters. The minimum atomic E-state index is 0.0820. The van der Waals surface area contributed by atoms with E-state index in [0.717, 1.165) is 18.5 Å². The Morgan fingerprint density at radius 2 is 1.96 bits per heavy atom. The quantitative estimate of drug-likeness (QED) is 0.399. The molecule has 0 fully saturated rings. The second kappa shape index (κ2) is 9.04. The van der Waals surface area contributed by atoms with Gasteiger partial charge in [-0.25, -0.2) is 4.98 Å². The van der Waals surface area contributed by atoms with Crippen molar-refractivity contribution >= 4 is 29.0 Å².